The lowest BCUT2D eigenvalue weighted by Gasteiger charge is -2.19. The molecule has 2 aromatic rings. The van der Waals surface area contributed by atoms with Crippen LogP contribution in [0.1, 0.15) is 44.2 Å². The Balaban J connectivity index is 2.07. The highest BCUT2D eigenvalue weighted by molar-refractivity contribution is 5.99. The molecular weight excluding hydrogens is 272 g/mol. The van der Waals surface area contributed by atoms with Crippen LogP contribution in [0.15, 0.2) is 23.1 Å². The van der Waals surface area contributed by atoms with Gasteiger partial charge in [-0.05, 0) is 30.0 Å². The molecule has 0 aliphatic carbocycles. The smallest absolute Gasteiger partial charge is 0.295 e. The molecule has 1 atom stereocenters. The first-order valence-electron chi connectivity index (χ1n) is 6.92. The number of nitrogens with one attached hydrogen (secondary N) is 1. The summed E-state index contributed by atoms with van der Waals surface area (Å²) >= 11 is 0. The quantitative estimate of drug-likeness (QED) is 0.820. The summed E-state index contributed by atoms with van der Waals surface area (Å²) in [5.74, 6) is -0.457. The topological polar surface area (TPSA) is 85.5 Å². The number of pyridine rings is 1. The number of amides is 2. The molecule has 1 unspecified atom stereocenters. The van der Waals surface area contributed by atoms with Crippen molar-refractivity contribution >= 4 is 17.5 Å². The van der Waals surface area contributed by atoms with Gasteiger partial charge in [-0.3, -0.25) is 19.3 Å². The van der Waals surface area contributed by atoms with Crippen molar-refractivity contribution in [3.05, 3.63) is 34.4 Å². The largest absolute Gasteiger partial charge is 0.351 e. The summed E-state index contributed by atoms with van der Waals surface area (Å²) in [5.41, 5.74) is 1.22. The molecule has 1 saturated heterocycles. The van der Waals surface area contributed by atoms with E-state index in [1.807, 2.05) is 12.1 Å². The summed E-state index contributed by atoms with van der Waals surface area (Å²) in [4.78, 5) is 35.4. The summed E-state index contributed by atoms with van der Waals surface area (Å²) < 4.78 is 2.58. The Morgan fingerprint density at radius 3 is 2.76 bits per heavy atom. The second-order valence-electron chi connectivity index (χ2n) is 5.54. The average Bonchev–Trinajstić information content (AvgIpc) is 2.75. The minimum atomic E-state index is -0.724. The molecule has 0 aromatic carbocycles. The fourth-order valence-corrected chi connectivity index (χ4v) is 2.48. The average molecular weight is 288 g/mol. The van der Waals surface area contributed by atoms with E-state index in [2.05, 4.69) is 24.3 Å². The zero-order chi connectivity index (χ0) is 15.1. The highest BCUT2D eigenvalue weighted by Gasteiger charge is 2.30. The fraction of sp³-hybridized carbons (Fsp3) is 0.429. The molecule has 7 nitrogen and oxygen atoms in total. The summed E-state index contributed by atoms with van der Waals surface area (Å²) in [6, 6.07) is 2.99. The van der Waals surface area contributed by atoms with Gasteiger partial charge in [-0.25, -0.2) is 4.79 Å². The van der Waals surface area contributed by atoms with E-state index in [-0.39, 0.29) is 18.0 Å². The maximum absolute atomic E-state index is 12.3. The second kappa shape index (κ2) is 4.83. The van der Waals surface area contributed by atoms with E-state index in [9.17, 15) is 14.4 Å². The van der Waals surface area contributed by atoms with Crippen molar-refractivity contribution in [2.24, 2.45) is 0 Å². The summed E-state index contributed by atoms with van der Waals surface area (Å²) in [7, 11) is 0. The van der Waals surface area contributed by atoms with Crippen LogP contribution in [-0.4, -0.2) is 26.0 Å². The van der Waals surface area contributed by atoms with Crippen molar-refractivity contribution in [1.29, 1.82) is 0 Å². The maximum atomic E-state index is 12.3. The molecule has 7 heteroatoms. The monoisotopic (exact) mass is 288 g/mol. The van der Waals surface area contributed by atoms with E-state index in [0.29, 0.717) is 18.0 Å². The number of hydrogen-bond donors (Lipinski definition) is 1. The van der Waals surface area contributed by atoms with E-state index in [1.54, 1.807) is 6.20 Å². The molecule has 0 radical (unpaired) electrons. The van der Waals surface area contributed by atoms with Gasteiger partial charge in [0, 0.05) is 12.6 Å². The number of imide groups is 1. The number of hydrogen-bond acceptors (Lipinski definition) is 4. The number of carbonyl (C=O) groups excluding carboxylic acids is 2. The predicted molar refractivity (Wildman–Crippen MR) is 75.0 cm³/mol. The number of rotatable bonds is 2. The molecule has 2 aromatic heterocycles. The van der Waals surface area contributed by atoms with Gasteiger partial charge in [0.1, 0.15) is 6.04 Å². The highest BCUT2D eigenvalue weighted by Crippen LogP contribution is 2.18. The first kappa shape index (κ1) is 13.5. The van der Waals surface area contributed by atoms with E-state index in [4.69, 9.17) is 0 Å². The van der Waals surface area contributed by atoms with Gasteiger partial charge < -0.3 is 0 Å². The molecule has 21 heavy (non-hydrogen) atoms. The summed E-state index contributed by atoms with van der Waals surface area (Å²) in [6.45, 7) is 4.11. The van der Waals surface area contributed by atoms with E-state index in [0.717, 1.165) is 5.56 Å². The van der Waals surface area contributed by atoms with E-state index < -0.39 is 11.9 Å². The van der Waals surface area contributed by atoms with Crippen molar-refractivity contribution < 1.29 is 9.59 Å². The molecule has 1 fully saturated rings. The van der Waals surface area contributed by atoms with Gasteiger partial charge in [-0.2, -0.15) is 4.68 Å². The van der Waals surface area contributed by atoms with Crippen LogP contribution in [0.2, 0.25) is 0 Å². The van der Waals surface area contributed by atoms with Crippen LogP contribution < -0.4 is 11.0 Å². The Labute approximate surface area is 120 Å². The Bertz CT molecular complexity index is 787. The SMILES string of the molecule is CC(C)c1ccn2c(=O)n(C3CCC(=O)NC3=O)nc2c1. The van der Waals surface area contributed by atoms with Crippen LogP contribution >= 0.6 is 0 Å². The molecule has 1 aliphatic rings. The first-order valence-corrected chi connectivity index (χ1v) is 6.92. The van der Waals surface area contributed by atoms with E-state index in [1.165, 1.54) is 9.08 Å². The van der Waals surface area contributed by atoms with Gasteiger partial charge in [-0.15, -0.1) is 5.10 Å². The minimum Gasteiger partial charge on any atom is -0.295 e. The fourth-order valence-electron chi connectivity index (χ4n) is 2.48. The van der Waals surface area contributed by atoms with Crippen LogP contribution in [0, 0.1) is 0 Å². The van der Waals surface area contributed by atoms with Gasteiger partial charge in [0.25, 0.3) is 5.91 Å². The van der Waals surface area contributed by atoms with Crippen LogP contribution in [0.5, 0.6) is 0 Å². The van der Waals surface area contributed by atoms with Crippen LogP contribution in [0.25, 0.3) is 5.65 Å². The molecule has 1 N–H and O–H groups in total. The molecule has 110 valence electrons. The predicted octanol–water partition coefficient (Wildman–Crippen LogP) is 0.597. The van der Waals surface area contributed by atoms with Gasteiger partial charge in [0.15, 0.2) is 5.65 Å². The third-order valence-electron chi connectivity index (χ3n) is 3.74. The van der Waals surface area contributed by atoms with Crippen molar-refractivity contribution in [1.82, 2.24) is 19.5 Å². The molecule has 3 heterocycles. The van der Waals surface area contributed by atoms with Gasteiger partial charge in [0.05, 0.1) is 0 Å². The Hall–Kier alpha value is -2.44. The Kier molecular flexibility index (Phi) is 3.12. The van der Waals surface area contributed by atoms with Crippen molar-refractivity contribution in [2.45, 2.75) is 38.6 Å². The standard InChI is InChI=1S/C14H16N4O3/c1-8(2)9-5-6-17-11(7-9)16-18(14(17)21)10-3-4-12(19)15-13(10)20/h5-8,10H,3-4H2,1-2H3,(H,15,19,20). The lowest BCUT2D eigenvalue weighted by atomic mass is 10.1. The zero-order valence-corrected chi connectivity index (χ0v) is 11.9. The second-order valence-corrected chi connectivity index (χ2v) is 5.54. The van der Waals surface area contributed by atoms with Gasteiger partial charge in [0.2, 0.25) is 5.91 Å². The molecule has 0 spiro atoms. The number of aromatic nitrogens is 3. The number of carbonyl (C=O) groups is 2. The van der Waals surface area contributed by atoms with Crippen molar-refractivity contribution in [3.63, 3.8) is 0 Å². The van der Waals surface area contributed by atoms with Crippen LogP contribution in [0.3, 0.4) is 0 Å². The molecule has 3 rings (SSSR count). The van der Waals surface area contributed by atoms with Gasteiger partial charge >= 0.3 is 5.69 Å². The van der Waals surface area contributed by atoms with Crippen LogP contribution in [-0.2, 0) is 9.59 Å². The van der Waals surface area contributed by atoms with Crippen molar-refractivity contribution in [2.75, 3.05) is 0 Å². The summed E-state index contributed by atoms with van der Waals surface area (Å²) in [6.07, 6.45) is 2.18. The zero-order valence-electron chi connectivity index (χ0n) is 11.9. The molecule has 2 amide bonds. The van der Waals surface area contributed by atoms with E-state index >= 15 is 0 Å². The maximum Gasteiger partial charge on any atom is 0.351 e. The highest BCUT2D eigenvalue weighted by atomic mass is 16.2. The summed E-state index contributed by atoms with van der Waals surface area (Å²) in [5, 5.41) is 6.49. The Morgan fingerprint density at radius 1 is 1.33 bits per heavy atom. The lowest BCUT2D eigenvalue weighted by molar-refractivity contribution is -0.136. The minimum absolute atomic E-state index is 0.216. The van der Waals surface area contributed by atoms with Crippen molar-refractivity contribution in [3.8, 4) is 0 Å². The molecule has 0 saturated carbocycles. The number of fused-ring (bicyclic) bond motifs is 1. The van der Waals surface area contributed by atoms with Gasteiger partial charge in [-0.1, -0.05) is 13.8 Å². The van der Waals surface area contributed by atoms with Crippen LogP contribution in [0.4, 0.5) is 0 Å². The first-order chi connectivity index (χ1) is 9.97. The molecule has 1 aliphatic heterocycles. The molecule has 0 bridgehead atoms. The normalized spacial score (nSPS) is 19.3. The number of piperidine rings is 1. The molecular formula is C14H16N4O3. The third kappa shape index (κ3) is 2.24. The third-order valence-corrected chi connectivity index (χ3v) is 3.74. The number of nitrogens with zero attached hydrogens (tertiary/aromatic N) is 3. The Morgan fingerprint density at radius 2 is 2.10 bits per heavy atom. The lowest BCUT2D eigenvalue weighted by Crippen LogP contribution is -2.44.